The lowest BCUT2D eigenvalue weighted by Crippen LogP contribution is -2.50. The monoisotopic (exact) mass is 439 g/mol. The van der Waals surface area contributed by atoms with Crippen LogP contribution >= 0.6 is 0 Å². The molecule has 176 valence electrons. The van der Waals surface area contributed by atoms with Crippen LogP contribution in [0.5, 0.6) is 0 Å². The maximum atomic E-state index is 12.6. The summed E-state index contributed by atoms with van der Waals surface area (Å²) in [4.78, 5) is 23.0. The van der Waals surface area contributed by atoms with Gasteiger partial charge >= 0.3 is 0 Å². The number of guanidine groups is 1. The number of benzene rings is 1. The van der Waals surface area contributed by atoms with E-state index < -0.39 is 0 Å². The van der Waals surface area contributed by atoms with Crippen LogP contribution in [0.2, 0.25) is 0 Å². The SMILES string of the molecule is CCNC(=NCCc1c[nH]c2c(CC)cccc12)NC1CCN(C(=O)C(CC)CC)CC1. The normalized spacial score (nSPS) is 15.5. The summed E-state index contributed by atoms with van der Waals surface area (Å²) in [6.07, 6.45) is 7.88. The fraction of sp³-hybridized carbons (Fsp3) is 0.615. The topological polar surface area (TPSA) is 72.5 Å². The summed E-state index contributed by atoms with van der Waals surface area (Å²) in [6.45, 7) is 11.8. The van der Waals surface area contributed by atoms with Gasteiger partial charge in [-0.1, -0.05) is 39.0 Å². The molecule has 0 saturated carbocycles. The van der Waals surface area contributed by atoms with Crippen molar-refractivity contribution in [3.8, 4) is 0 Å². The Labute approximate surface area is 193 Å². The van der Waals surface area contributed by atoms with E-state index in [0.717, 1.165) is 70.7 Å². The van der Waals surface area contributed by atoms with Crippen LogP contribution in [-0.4, -0.2) is 54.0 Å². The third kappa shape index (κ3) is 5.84. The summed E-state index contributed by atoms with van der Waals surface area (Å²) in [5.74, 6) is 1.39. The van der Waals surface area contributed by atoms with Crippen LogP contribution in [0.25, 0.3) is 10.9 Å². The number of hydrogen-bond acceptors (Lipinski definition) is 2. The number of fused-ring (bicyclic) bond motifs is 1. The van der Waals surface area contributed by atoms with E-state index in [2.05, 4.69) is 72.6 Å². The van der Waals surface area contributed by atoms with E-state index in [9.17, 15) is 4.79 Å². The van der Waals surface area contributed by atoms with E-state index in [-0.39, 0.29) is 5.92 Å². The number of piperidine rings is 1. The second-order valence-corrected chi connectivity index (χ2v) is 8.78. The lowest BCUT2D eigenvalue weighted by molar-refractivity contribution is -0.136. The molecule has 0 atom stereocenters. The quantitative estimate of drug-likeness (QED) is 0.404. The van der Waals surface area contributed by atoms with Gasteiger partial charge in [0.2, 0.25) is 5.91 Å². The van der Waals surface area contributed by atoms with Crippen LogP contribution in [0.4, 0.5) is 0 Å². The highest BCUT2D eigenvalue weighted by Crippen LogP contribution is 2.22. The van der Waals surface area contributed by atoms with Crippen molar-refractivity contribution >= 4 is 22.8 Å². The van der Waals surface area contributed by atoms with Crippen molar-refractivity contribution in [2.45, 2.75) is 72.3 Å². The molecule has 0 bridgehead atoms. The highest BCUT2D eigenvalue weighted by Gasteiger charge is 2.26. The van der Waals surface area contributed by atoms with E-state index in [0.29, 0.717) is 11.9 Å². The minimum absolute atomic E-state index is 0.177. The van der Waals surface area contributed by atoms with Gasteiger partial charge in [0.1, 0.15) is 0 Å². The van der Waals surface area contributed by atoms with E-state index >= 15 is 0 Å². The third-order valence-corrected chi connectivity index (χ3v) is 6.75. The van der Waals surface area contributed by atoms with Gasteiger partial charge in [0.25, 0.3) is 0 Å². The Hall–Kier alpha value is -2.50. The number of carbonyl (C=O) groups excluding carboxylic acids is 1. The lowest BCUT2D eigenvalue weighted by Gasteiger charge is -2.34. The van der Waals surface area contributed by atoms with Crippen molar-refractivity contribution in [2.24, 2.45) is 10.9 Å². The Bertz CT molecular complexity index is 891. The molecule has 2 heterocycles. The standard InChI is InChI=1S/C26H41N5O/c1-5-19(6-2)25(32)31-16-13-22(14-17-31)30-26(27-8-4)28-15-12-21-18-29-24-20(7-3)10-9-11-23(21)24/h9-11,18-19,22,29H,5-8,12-17H2,1-4H3,(H2,27,28,30). The van der Waals surface area contributed by atoms with Crippen LogP contribution in [-0.2, 0) is 17.6 Å². The first-order valence-corrected chi connectivity index (χ1v) is 12.5. The average molecular weight is 440 g/mol. The molecule has 6 nitrogen and oxygen atoms in total. The third-order valence-electron chi connectivity index (χ3n) is 6.75. The average Bonchev–Trinajstić information content (AvgIpc) is 3.23. The predicted octanol–water partition coefficient (Wildman–Crippen LogP) is 4.26. The van der Waals surface area contributed by atoms with Crippen molar-refractivity contribution in [1.29, 1.82) is 0 Å². The molecule has 1 aromatic heterocycles. The first kappa shape index (κ1) is 24.1. The van der Waals surface area contributed by atoms with Crippen molar-refractivity contribution < 1.29 is 4.79 Å². The fourth-order valence-electron chi connectivity index (χ4n) is 4.72. The number of carbonyl (C=O) groups is 1. The maximum Gasteiger partial charge on any atom is 0.225 e. The summed E-state index contributed by atoms with van der Waals surface area (Å²) in [6, 6.07) is 6.90. The van der Waals surface area contributed by atoms with Crippen LogP contribution in [0.1, 0.15) is 64.5 Å². The first-order valence-electron chi connectivity index (χ1n) is 12.5. The van der Waals surface area contributed by atoms with Crippen molar-refractivity contribution in [2.75, 3.05) is 26.2 Å². The minimum Gasteiger partial charge on any atom is -0.361 e. The molecule has 1 aliphatic rings. The highest BCUT2D eigenvalue weighted by molar-refractivity contribution is 5.86. The maximum absolute atomic E-state index is 12.6. The van der Waals surface area contributed by atoms with E-state index in [1.807, 2.05) is 0 Å². The van der Waals surface area contributed by atoms with Crippen LogP contribution in [0.3, 0.4) is 0 Å². The Kier molecular flexibility index (Phi) is 9.00. The van der Waals surface area contributed by atoms with Crippen molar-refractivity contribution in [1.82, 2.24) is 20.5 Å². The first-order chi connectivity index (χ1) is 15.6. The number of aryl methyl sites for hydroxylation is 1. The number of rotatable bonds is 9. The zero-order valence-corrected chi connectivity index (χ0v) is 20.3. The molecule has 1 fully saturated rings. The smallest absolute Gasteiger partial charge is 0.225 e. The molecule has 0 spiro atoms. The van der Waals surface area contributed by atoms with Gasteiger partial charge in [0.15, 0.2) is 5.96 Å². The van der Waals surface area contributed by atoms with Gasteiger partial charge in [-0.3, -0.25) is 9.79 Å². The summed E-state index contributed by atoms with van der Waals surface area (Å²) in [5, 5.41) is 8.30. The van der Waals surface area contributed by atoms with Gasteiger partial charge in [-0.05, 0) is 56.6 Å². The summed E-state index contributed by atoms with van der Waals surface area (Å²) < 4.78 is 0. The number of aromatic amines is 1. The van der Waals surface area contributed by atoms with Crippen LogP contribution in [0.15, 0.2) is 29.4 Å². The van der Waals surface area contributed by atoms with E-state index in [1.165, 1.54) is 22.0 Å². The highest BCUT2D eigenvalue weighted by atomic mass is 16.2. The molecule has 1 aliphatic heterocycles. The molecule has 1 aromatic carbocycles. The number of aromatic nitrogens is 1. The molecule has 0 radical (unpaired) electrons. The molecule has 6 heteroatoms. The molecular formula is C26H41N5O. The molecule has 1 saturated heterocycles. The second kappa shape index (κ2) is 11.9. The fourth-order valence-corrected chi connectivity index (χ4v) is 4.72. The molecule has 0 unspecified atom stereocenters. The van der Waals surface area contributed by atoms with Crippen LogP contribution < -0.4 is 10.6 Å². The number of likely N-dealkylation sites (tertiary alicyclic amines) is 1. The lowest BCUT2D eigenvalue weighted by atomic mass is 9.98. The minimum atomic E-state index is 0.177. The Balaban J connectivity index is 1.54. The number of nitrogens with zero attached hydrogens (tertiary/aromatic N) is 2. The largest absolute Gasteiger partial charge is 0.361 e. The molecule has 2 aromatic rings. The number of nitrogens with one attached hydrogen (secondary N) is 3. The van der Waals surface area contributed by atoms with Gasteiger partial charge in [-0.15, -0.1) is 0 Å². The molecule has 3 N–H and O–H groups in total. The van der Waals surface area contributed by atoms with Gasteiger partial charge < -0.3 is 20.5 Å². The van der Waals surface area contributed by atoms with Gasteiger partial charge in [0.05, 0.1) is 0 Å². The molecular weight excluding hydrogens is 398 g/mol. The predicted molar refractivity (Wildman–Crippen MR) is 134 cm³/mol. The molecule has 1 amide bonds. The van der Waals surface area contributed by atoms with Gasteiger partial charge in [-0.2, -0.15) is 0 Å². The number of H-pyrrole nitrogens is 1. The van der Waals surface area contributed by atoms with Gasteiger partial charge in [-0.25, -0.2) is 0 Å². The number of amides is 1. The Morgan fingerprint density at radius 1 is 1.16 bits per heavy atom. The Morgan fingerprint density at radius 3 is 2.56 bits per heavy atom. The summed E-state index contributed by atoms with van der Waals surface area (Å²) in [5.41, 5.74) is 3.94. The number of aliphatic imine (C=N–C) groups is 1. The Morgan fingerprint density at radius 2 is 1.91 bits per heavy atom. The second-order valence-electron chi connectivity index (χ2n) is 8.78. The molecule has 3 rings (SSSR count). The van der Waals surface area contributed by atoms with E-state index in [4.69, 9.17) is 4.99 Å². The zero-order chi connectivity index (χ0) is 22.9. The summed E-state index contributed by atoms with van der Waals surface area (Å²) in [7, 11) is 0. The molecule has 0 aliphatic carbocycles. The van der Waals surface area contributed by atoms with Crippen LogP contribution in [0, 0.1) is 5.92 Å². The summed E-state index contributed by atoms with van der Waals surface area (Å²) >= 11 is 0. The number of hydrogen-bond donors (Lipinski definition) is 3. The molecule has 32 heavy (non-hydrogen) atoms. The van der Waals surface area contributed by atoms with E-state index in [1.54, 1.807) is 0 Å². The number of para-hydroxylation sites is 1. The van der Waals surface area contributed by atoms with Crippen molar-refractivity contribution in [3.63, 3.8) is 0 Å². The van der Waals surface area contributed by atoms with Crippen molar-refractivity contribution in [3.05, 3.63) is 35.5 Å². The van der Waals surface area contributed by atoms with Gasteiger partial charge in [0, 0.05) is 55.2 Å². The zero-order valence-electron chi connectivity index (χ0n) is 20.3.